The normalized spacial score (nSPS) is 17.1. The highest BCUT2D eigenvalue weighted by Gasteiger charge is 2.25. The number of nitrogens with zero attached hydrogens (tertiary/aromatic N) is 3. The quantitative estimate of drug-likeness (QED) is 0.591. The maximum atomic E-state index is 13.9. The Hall–Kier alpha value is -2.83. The van der Waals surface area contributed by atoms with Crippen LogP contribution < -0.4 is 20.3 Å². The summed E-state index contributed by atoms with van der Waals surface area (Å²) in [6.45, 7) is 6.14. The van der Waals surface area contributed by atoms with E-state index in [4.69, 9.17) is 4.74 Å². The Morgan fingerprint density at radius 1 is 1.32 bits per heavy atom. The molecule has 0 amide bonds. The Labute approximate surface area is 165 Å². The van der Waals surface area contributed by atoms with Gasteiger partial charge in [0.15, 0.2) is 17.6 Å². The molecule has 1 unspecified atom stereocenters. The summed E-state index contributed by atoms with van der Waals surface area (Å²) in [5, 5.41) is 6.74. The van der Waals surface area contributed by atoms with E-state index in [1.165, 1.54) is 6.07 Å². The van der Waals surface area contributed by atoms with Gasteiger partial charge in [0.25, 0.3) is 0 Å². The van der Waals surface area contributed by atoms with E-state index in [-0.39, 0.29) is 18.0 Å². The first-order chi connectivity index (χ1) is 13.5. The summed E-state index contributed by atoms with van der Waals surface area (Å²) in [4.78, 5) is 10.4. The van der Waals surface area contributed by atoms with Crippen LogP contribution in [0.3, 0.4) is 0 Å². The van der Waals surface area contributed by atoms with E-state index in [1.807, 2.05) is 43.0 Å². The van der Waals surface area contributed by atoms with E-state index in [0.29, 0.717) is 18.9 Å². The molecule has 0 aliphatic carbocycles. The SMILES string of the molecule is CN=C(NCc1ccc(OC(C)C)cc1)NC1CCN(c2ncccc2F)C1. The third kappa shape index (κ3) is 5.34. The van der Waals surface area contributed by atoms with Crippen LogP contribution in [0.4, 0.5) is 10.2 Å². The van der Waals surface area contributed by atoms with Crippen LogP contribution >= 0.6 is 0 Å². The summed E-state index contributed by atoms with van der Waals surface area (Å²) in [5.41, 5.74) is 1.14. The number of ether oxygens (including phenoxy) is 1. The van der Waals surface area contributed by atoms with Gasteiger partial charge in [-0.25, -0.2) is 9.37 Å². The number of anilines is 1. The molecule has 1 aliphatic heterocycles. The van der Waals surface area contributed by atoms with Gasteiger partial charge in [-0.15, -0.1) is 0 Å². The minimum Gasteiger partial charge on any atom is -0.491 e. The lowest BCUT2D eigenvalue weighted by molar-refractivity contribution is 0.242. The van der Waals surface area contributed by atoms with Crippen molar-refractivity contribution in [3.05, 3.63) is 54.0 Å². The molecule has 1 aliphatic rings. The highest BCUT2D eigenvalue weighted by molar-refractivity contribution is 5.80. The molecule has 1 saturated heterocycles. The topological polar surface area (TPSA) is 61.8 Å². The summed E-state index contributed by atoms with van der Waals surface area (Å²) >= 11 is 0. The van der Waals surface area contributed by atoms with Crippen molar-refractivity contribution < 1.29 is 9.13 Å². The minimum absolute atomic E-state index is 0.164. The molecular formula is C21H28FN5O. The summed E-state index contributed by atoms with van der Waals surface area (Å²) in [5.74, 6) is 1.74. The number of halogens is 1. The van der Waals surface area contributed by atoms with Crippen molar-refractivity contribution in [2.75, 3.05) is 25.0 Å². The maximum absolute atomic E-state index is 13.9. The number of aromatic nitrogens is 1. The number of hydrogen-bond acceptors (Lipinski definition) is 4. The lowest BCUT2D eigenvalue weighted by atomic mass is 10.2. The number of pyridine rings is 1. The summed E-state index contributed by atoms with van der Waals surface area (Å²) in [7, 11) is 1.75. The lowest BCUT2D eigenvalue weighted by Crippen LogP contribution is -2.44. The number of nitrogens with one attached hydrogen (secondary N) is 2. The first-order valence-corrected chi connectivity index (χ1v) is 9.63. The van der Waals surface area contributed by atoms with Gasteiger partial charge in [-0.2, -0.15) is 0 Å². The van der Waals surface area contributed by atoms with Crippen LogP contribution in [-0.4, -0.2) is 43.2 Å². The fraction of sp³-hybridized carbons (Fsp3) is 0.429. The fourth-order valence-corrected chi connectivity index (χ4v) is 3.21. The van der Waals surface area contributed by atoms with Crippen molar-refractivity contribution in [2.45, 2.75) is 39.0 Å². The first-order valence-electron chi connectivity index (χ1n) is 9.63. The highest BCUT2D eigenvalue weighted by atomic mass is 19.1. The monoisotopic (exact) mass is 385 g/mol. The molecule has 1 aromatic carbocycles. The molecule has 0 saturated carbocycles. The van der Waals surface area contributed by atoms with Crippen molar-refractivity contribution in [3.63, 3.8) is 0 Å². The van der Waals surface area contributed by atoms with E-state index in [2.05, 4.69) is 20.6 Å². The largest absolute Gasteiger partial charge is 0.491 e. The predicted molar refractivity (Wildman–Crippen MR) is 110 cm³/mol. The zero-order chi connectivity index (χ0) is 19.9. The molecule has 28 heavy (non-hydrogen) atoms. The summed E-state index contributed by atoms with van der Waals surface area (Å²) in [6.07, 6.45) is 2.69. The van der Waals surface area contributed by atoms with E-state index in [9.17, 15) is 4.39 Å². The molecule has 6 nitrogen and oxygen atoms in total. The smallest absolute Gasteiger partial charge is 0.191 e. The molecule has 1 fully saturated rings. The number of rotatable bonds is 6. The predicted octanol–water partition coefficient (Wildman–Crippen LogP) is 2.95. The molecule has 1 aromatic heterocycles. The van der Waals surface area contributed by atoms with Crippen LogP contribution in [-0.2, 0) is 6.54 Å². The maximum Gasteiger partial charge on any atom is 0.191 e. The van der Waals surface area contributed by atoms with Gasteiger partial charge < -0.3 is 20.3 Å². The van der Waals surface area contributed by atoms with Crippen molar-refractivity contribution in [1.82, 2.24) is 15.6 Å². The van der Waals surface area contributed by atoms with Gasteiger partial charge in [0.1, 0.15) is 5.75 Å². The second kappa shape index (κ2) is 9.39. The third-order valence-corrected chi connectivity index (χ3v) is 4.55. The highest BCUT2D eigenvalue weighted by Crippen LogP contribution is 2.20. The molecule has 0 spiro atoms. The van der Waals surface area contributed by atoms with Crippen molar-refractivity contribution in [2.24, 2.45) is 4.99 Å². The second-order valence-electron chi connectivity index (χ2n) is 7.12. The number of hydrogen-bond donors (Lipinski definition) is 2. The van der Waals surface area contributed by atoms with E-state index in [0.717, 1.165) is 30.2 Å². The van der Waals surface area contributed by atoms with Gasteiger partial charge in [0, 0.05) is 38.9 Å². The molecule has 2 aromatic rings. The second-order valence-corrected chi connectivity index (χ2v) is 7.12. The van der Waals surface area contributed by atoms with Crippen LogP contribution in [0.1, 0.15) is 25.8 Å². The van der Waals surface area contributed by atoms with Gasteiger partial charge >= 0.3 is 0 Å². The third-order valence-electron chi connectivity index (χ3n) is 4.55. The van der Waals surface area contributed by atoms with E-state index in [1.54, 1.807) is 19.3 Å². The van der Waals surface area contributed by atoms with Crippen molar-refractivity contribution in [1.29, 1.82) is 0 Å². The molecule has 0 bridgehead atoms. The lowest BCUT2D eigenvalue weighted by Gasteiger charge is -2.20. The fourth-order valence-electron chi connectivity index (χ4n) is 3.21. The van der Waals surface area contributed by atoms with Crippen LogP contribution in [0.15, 0.2) is 47.6 Å². The van der Waals surface area contributed by atoms with Gasteiger partial charge in [-0.3, -0.25) is 4.99 Å². The zero-order valence-electron chi connectivity index (χ0n) is 16.7. The van der Waals surface area contributed by atoms with Crippen molar-refractivity contribution >= 4 is 11.8 Å². The Bertz CT molecular complexity index is 794. The number of benzene rings is 1. The Kier molecular flexibility index (Phi) is 6.68. The van der Waals surface area contributed by atoms with E-state index >= 15 is 0 Å². The first kappa shape index (κ1) is 19.9. The molecule has 7 heteroatoms. The van der Waals surface area contributed by atoms with Crippen LogP contribution in [0.25, 0.3) is 0 Å². The summed E-state index contributed by atoms with van der Waals surface area (Å²) < 4.78 is 19.6. The molecule has 2 N–H and O–H groups in total. The Balaban J connectivity index is 1.49. The van der Waals surface area contributed by atoms with E-state index < -0.39 is 0 Å². The zero-order valence-corrected chi connectivity index (χ0v) is 16.7. The van der Waals surface area contributed by atoms with Gasteiger partial charge in [-0.05, 0) is 50.1 Å². The number of aliphatic imine (C=N–C) groups is 1. The molecular weight excluding hydrogens is 357 g/mol. The van der Waals surface area contributed by atoms with Crippen LogP contribution in [0.5, 0.6) is 5.75 Å². The molecule has 3 rings (SSSR count). The van der Waals surface area contributed by atoms with Gasteiger partial charge in [-0.1, -0.05) is 12.1 Å². The van der Waals surface area contributed by atoms with Gasteiger partial charge in [0.05, 0.1) is 6.10 Å². The van der Waals surface area contributed by atoms with Crippen molar-refractivity contribution in [3.8, 4) is 5.75 Å². The molecule has 1 atom stereocenters. The van der Waals surface area contributed by atoms with Crippen LogP contribution in [0, 0.1) is 5.82 Å². The van der Waals surface area contributed by atoms with Crippen LogP contribution in [0.2, 0.25) is 0 Å². The molecule has 0 radical (unpaired) electrons. The average molecular weight is 385 g/mol. The standard InChI is InChI=1S/C21H28FN5O/c1-15(2)28-18-8-6-16(7-9-18)13-25-21(23-3)26-17-10-12-27(14-17)20-19(22)5-4-11-24-20/h4-9,11,15,17H,10,12-14H2,1-3H3,(H2,23,25,26). The summed E-state index contributed by atoms with van der Waals surface area (Å²) in [6, 6.07) is 11.3. The number of guanidine groups is 1. The average Bonchev–Trinajstić information content (AvgIpc) is 3.14. The Morgan fingerprint density at radius 3 is 2.79 bits per heavy atom. The molecule has 150 valence electrons. The minimum atomic E-state index is -0.282. The molecule has 2 heterocycles. The Morgan fingerprint density at radius 2 is 2.11 bits per heavy atom. The van der Waals surface area contributed by atoms with Gasteiger partial charge in [0.2, 0.25) is 0 Å².